The average molecular weight is 417 g/mol. The van der Waals surface area contributed by atoms with E-state index in [4.69, 9.17) is 27.9 Å². The van der Waals surface area contributed by atoms with Gasteiger partial charge in [-0.1, -0.05) is 23.2 Å². The lowest BCUT2D eigenvalue weighted by atomic mass is 10.1. The monoisotopic (exact) mass is 416 g/mol. The first kappa shape index (κ1) is 18.8. The molecule has 1 unspecified atom stereocenters. The highest BCUT2D eigenvalue weighted by molar-refractivity contribution is 6.31. The van der Waals surface area contributed by atoms with Crippen LogP contribution in [0.4, 0.5) is 5.95 Å². The molecule has 4 rings (SSSR count). The third-order valence-corrected chi connectivity index (χ3v) is 5.22. The molecular formula is C20H18Cl2N4O2. The van der Waals surface area contributed by atoms with Crippen LogP contribution in [0.3, 0.4) is 0 Å². The highest BCUT2D eigenvalue weighted by atomic mass is 35.5. The van der Waals surface area contributed by atoms with E-state index in [1.165, 1.54) is 7.11 Å². The molecule has 1 aliphatic heterocycles. The molecule has 2 heterocycles. The maximum Gasteiger partial charge on any atom is 0.257 e. The lowest BCUT2D eigenvalue weighted by Gasteiger charge is -2.19. The molecule has 0 saturated carbocycles. The number of nitrogens with one attached hydrogen (secondary N) is 1. The van der Waals surface area contributed by atoms with E-state index in [-0.39, 0.29) is 11.9 Å². The molecule has 0 spiro atoms. The Balaban J connectivity index is 1.47. The third kappa shape index (κ3) is 3.84. The summed E-state index contributed by atoms with van der Waals surface area (Å²) < 4.78 is 5.30. The minimum atomic E-state index is -0.102. The Bertz CT molecular complexity index is 1040. The lowest BCUT2D eigenvalue weighted by Crippen LogP contribution is -2.32. The number of methoxy groups -OCH3 is 1. The van der Waals surface area contributed by atoms with Crippen LogP contribution in [0.15, 0.2) is 42.6 Å². The summed E-state index contributed by atoms with van der Waals surface area (Å²) in [6.07, 6.45) is 2.56. The smallest absolute Gasteiger partial charge is 0.257 e. The minimum absolute atomic E-state index is 0.0609. The molecule has 0 bridgehead atoms. The van der Waals surface area contributed by atoms with Gasteiger partial charge in [0.2, 0.25) is 5.95 Å². The Labute approximate surface area is 172 Å². The van der Waals surface area contributed by atoms with Gasteiger partial charge >= 0.3 is 0 Å². The number of hydrogen-bond donors (Lipinski definition) is 1. The Morgan fingerprint density at radius 2 is 2.00 bits per heavy atom. The Hall–Kier alpha value is -2.57. The van der Waals surface area contributed by atoms with E-state index in [0.29, 0.717) is 40.4 Å². The van der Waals surface area contributed by atoms with E-state index in [1.54, 1.807) is 35.4 Å². The summed E-state index contributed by atoms with van der Waals surface area (Å²) in [7, 11) is 1.54. The number of hydrogen-bond acceptors (Lipinski definition) is 5. The third-order valence-electron chi connectivity index (χ3n) is 4.75. The maximum absolute atomic E-state index is 12.9. The highest BCUT2D eigenvalue weighted by Gasteiger charge is 2.29. The van der Waals surface area contributed by atoms with Gasteiger partial charge in [0.05, 0.1) is 18.2 Å². The first-order chi connectivity index (χ1) is 13.5. The average Bonchev–Trinajstić information content (AvgIpc) is 3.15. The van der Waals surface area contributed by atoms with Crippen molar-refractivity contribution in [3.05, 3.63) is 58.2 Å². The van der Waals surface area contributed by atoms with Crippen LogP contribution >= 0.6 is 23.2 Å². The first-order valence-corrected chi connectivity index (χ1v) is 9.61. The second-order valence-corrected chi connectivity index (χ2v) is 7.50. The number of fused-ring (bicyclic) bond motifs is 1. The molecule has 28 heavy (non-hydrogen) atoms. The van der Waals surface area contributed by atoms with Crippen LogP contribution in [-0.2, 0) is 0 Å². The summed E-state index contributed by atoms with van der Waals surface area (Å²) in [6, 6.07) is 10.6. The summed E-state index contributed by atoms with van der Waals surface area (Å²) in [5.41, 5.74) is 1.24. The molecular weight excluding hydrogens is 399 g/mol. The molecule has 2 aromatic carbocycles. The van der Waals surface area contributed by atoms with Gasteiger partial charge in [-0.15, -0.1) is 0 Å². The van der Waals surface area contributed by atoms with Crippen LogP contribution in [0.5, 0.6) is 5.75 Å². The number of nitrogens with zero attached hydrogens (tertiary/aromatic N) is 3. The van der Waals surface area contributed by atoms with Gasteiger partial charge in [-0.3, -0.25) is 4.79 Å². The van der Waals surface area contributed by atoms with Crippen molar-refractivity contribution in [2.45, 2.75) is 12.5 Å². The minimum Gasteiger partial charge on any atom is -0.496 e. The Morgan fingerprint density at radius 1 is 1.21 bits per heavy atom. The molecule has 0 aliphatic carbocycles. The van der Waals surface area contributed by atoms with Gasteiger partial charge in [0.25, 0.3) is 5.91 Å². The van der Waals surface area contributed by atoms with Crippen LogP contribution < -0.4 is 10.1 Å². The van der Waals surface area contributed by atoms with Crippen molar-refractivity contribution >= 4 is 46.0 Å². The van der Waals surface area contributed by atoms with Crippen molar-refractivity contribution in [1.29, 1.82) is 0 Å². The van der Waals surface area contributed by atoms with E-state index in [9.17, 15) is 4.79 Å². The molecule has 3 aromatic rings. The molecule has 6 nitrogen and oxygen atoms in total. The molecule has 144 valence electrons. The molecule has 1 N–H and O–H groups in total. The quantitative estimate of drug-likeness (QED) is 0.687. The summed E-state index contributed by atoms with van der Waals surface area (Å²) in [5, 5.41) is 5.37. The van der Waals surface area contributed by atoms with Crippen molar-refractivity contribution in [2.75, 3.05) is 25.5 Å². The number of halogens is 2. The highest BCUT2D eigenvalue weighted by Crippen LogP contribution is 2.26. The van der Waals surface area contributed by atoms with Crippen LogP contribution in [-0.4, -0.2) is 47.0 Å². The molecule has 8 heteroatoms. The maximum atomic E-state index is 12.9. The SMILES string of the molecule is COc1ccc(Cl)cc1C(=O)N1CCC(Nc2ncc3ccc(Cl)cc3n2)C1. The summed E-state index contributed by atoms with van der Waals surface area (Å²) >= 11 is 12.1. The second kappa shape index (κ2) is 7.81. The van der Waals surface area contributed by atoms with Crippen LogP contribution in [0.25, 0.3) is 10.9 Å². The van der Waals surface area contributed by atoms with Gasteiger partial charge in [-0.25, -0.2) is 9.97 Å². The summed E-state index contributed by atoms with van der Waals surface area (Å²) in [5.74, 6) is 0.935. The fourth-order valence-electron chi connectivity index (χ4n) is 3.33. The molecule has 1 atom stereocenters. The summed E-state index contributed by atoms with van der Waals surface area (Å²) in [4.78, 5) is 23.6. The van der Waals surface area contributed by atoms with Crippen LogP contribution in [0.1, 0.15) is 16.8 Å². The standard InChI is InChI=1S/C20H18Cl2N4O2/c1-28-18-5-4-13(21)8-16(18)19(27)26-7-6-15(11-26)24-20-23-10-12-2-3-14(22)9-17(12)25-20/h2-5,8-10,15H,6-7,11H2,1H3,(H,23,24,25). The second-order valence-electron chi connectivity index (χ2n) is 6.62. The number of carbonyl (C=O) groups is 1. The van der Waals surface area contributed by atoms with Crippen molar-refractivity contribution < 1.29 is 9.53 Å². The van der Waals surface area contributed by atoms with Gasteiger partial charge in [-0.2, -0.15) is 0 Å². The van der Waals surface area contributed by atoms with Crippen LogP contribution in [0.2, 0.25) is 10.0 Å². The topological polar surface area (TPSA) is 67.3 Å². The van der Waals surface area contributed by atoms with E-state index < -0.39 is 0 Å². The molecule has 1 aliphatic rings. The number of amides is 1. The van der Waals surface area contributed by atoms with Crippen molar-refractivity contribution in [3.8, 4) is 5.75 Å². The molecule has 0 radical (unpaired) electrons. The van der Waals surface area contributed by atoms with Gasteiger partial charge < -0.3 is 15.0 Å². The van der Waals surface area contributed by atoms with Gasteiger partial charge in [0.15, 0.2) is 0 Å². The van der Waals surface area contributed by atoms with E-state index in [1.807, 2.05) is 12.1 Å². The zero-order chi connectivity index (χ0) is 19.7. The molecule has 1 fully saturated rings. The number of aromatic nitrogens is 2. The number of ether oxygens (including phenoxy) is 1. The number of benzene rings is 2. The fourth-order valence-corrected chi connectivity index (χ4v) is 3.67. The number of carbonyl (C=O) groups excluding carboxylic acids is 1. The van der Waals surface area contributed by atoms with E-state index >= 15 is 0 Å². The Morgan fingerprint density at radius 3 is 2.82 bits per heavy atom. The number of rotatable bonds is 4. The van der Waals surface area contributed by atoms with Gasteiger partial charge in [0.1, 0.15) is 5.75 Å². The molecule has 1 aromatic heterocycles. The van der Waals surface area contributed by atoms with Gasteiger partial charge in [-0.05, 0) is 42.8 Å². The molecule has 1 saturated heterocycles. The van der Waals surface area contributed by atoms with E-state index in [0.717, 1.165) is 17.3 Å². The summed E-state index contributed by atoms with van der Waals surface area (Å²) in [6.45, 7) is 1.18. The first-order valence-electron chi connectivity index (χ1n) is 8.85. The largest absolute Gasteiger partial charge is 0.496 e. The number of likely N-dealkylation sites (tertiary alicyclic amines) is 1. The zero-order valence-electron chi connectivity index (χ0n) is 15.2. The normalized spacial score (nSPS) is 16.4. The lowest BCUT2D eigenvalue weighted by molar-refractivity contribution is 0.0788. The Kier molecular flexibility index (Phi) is 5.24. The van der Waals surface area contributed by atoms with Crippen LogP contribution in [0, 0.1) is 0 Å². The predicted octanol–water partition coefficient (Wildman–Crippen LogP) is 4.27. The van der Waals surface area contributed by atoms with Gasteiger partial charge in [0, 0.05) is 40.8 Å². The molecule has 1 amide bonds. The van der Waals surface area contributed by atoms with Crippen molar-refractivity contribution in [3.63, 3.8) is 0 Å². The van der Waals surface area contributed by atoms with Crippen molar-refractivity contribution in [2.24, 2.45) is 0 Å². The predicted molar refractivity (Wildman–Crippen MR) is 110 cm³/mol. The fraction of sp³-hybridized carbons (Fsp3) is 0.250. The zero-order valence-corrected chi connectivity index (χ0v) is 16.7. The van der Waals surface area contributed by atoms with E-state index in [2.05, 4.69) is 15.3 Å². The number of anilines is 1. The van der Waals surface area contributed by atoms with Crippen molar-refractivity contribution in [1.82, 2.24) is 14.9 Å².